The maximum absolute atomic E-state index is 14.8. The number of ether oxygens (including phenoxy) is 1. The van der Waals surface area contributed by atoms with Crippen LogP contribution in [0.5, 0.6) is 5.88 Å². The van der Waals surface area contributed by atoms with Gasteiger partial charge in [-0.2, -0.15) is 0 Å². The van der Waals surface area contributed by atoms with Crippen molar-refractivity contribution in [3.63, 3.8) is 0 Å². The molecule has 33 heavy (non-hydrogen) atoms. The van der Waals surface area contributed by atoms with Crippen LogP contribution in [0.3, 0.4) is 0 Å². The normalized spacial score (nSPS) is 12.8. The van der Waals surface area contributed by atoms with Crippen LogP contribution in [0.1, 0.15) is 29.3 Å². The third-order valence-electron chi connectivity index (χ3n) is 5.16. The molecule has 0 fully saturated rings. The number of pyridine rings is 2. The minimum absolute atomic E-state index is 0.0814. The molecule has 1 aliphatic heterocycles. The molecule has 0 unspecified atom stereocenters. The first kappa shape index (κ1) is 22.3. The Bertz CT molecular complexity index is 1270. The number of carbonyl (C=O) groups is 1. The van der Waals surface area contributed by atoms with Gasteiger partial charge in [-0.1, -0.05) is 12.1 Å². The zero-order valence-corrected chi connectivity index (χ0v) is 17.8. The highest BCUT2D eigenvalue weighted by molar-refractivity contribution is 6.01. The number of aromatic nitrogens is 2. The number of benzene rings is 1. The molecule has 170 valence electrons. The Hall–Kier alpha value is -3.95. The van der Waals surface area contributed by atoms with Gasteiger partial charge in [0.25, 0.3) is 5.92 Å². The SMILES string of the molecule is COc1ncc(NC(=O)Cc2ccc(-c3cnc4c(c3)C(N)=NC4)c(F)c2)cc1C(C)(F)F. The number of nitrogens with one attached hydrogen (secondary N) is 1. The molecule has 3 heterocycles. The first-order chi connectivity index (χ1) is 15.7. The van der Waals surface area contributed by atoms with Crippen LogP contribution in [-0.2, 0) is 23.7 Å². The Kier molecular flexibility index (Phi) is 5.75. The van der Waals surface area contributed by atoms with Crippen LogP contribution in [0.2, 0.25) is 0 Å². The lowest BCUT2D eigenvalue weighted by Gasteiger charge is -2.15. The van der Waals surface area contributed by atoms with Crippen molar-refractivity contribution in [2.75, 3.05) is 12.4 Å². The van der Waals surface area contributed by atoms with Crippen molar-refractivity contribution in [3.8, 4) is 17.0 Å². The molecule has 1 amide bonds. The van der Waals surface area contributed by atoms with Gasteiger partial charge in [0.05, 0.1) is 43.2 Å². The summed E-state index contributed by atoms with van der Waals surface area (Å²) in [7, 11) is 1.23. The second kappa shape index (κ2) is 8.53. The molecule has 0 saturated carbocycles. The molecule has 2 aromatic heterocycles. The number of anilines is 1. The molecule has 0 radical (unpaired) electrons. The molecule has 3 N–H and O–H groups in total. The smallest absolute Gasteiger partial charge is 0.275 e. The molecule has 0 saturated heterocycles. The number of amidine groups is 1. The van der Waals surface area contributed by atoms with Crippen molar-refractivity contribution in [2.24, 2.45) is 10.7 Å². The molecular formula is C23H20F3N5O2. The van der Waals surface area contributed by atoms with Gasteiger partial charge in [-0.3, -0.25) is 14.8 Å². The zero-order chi connectivity index (χ0) is 23.8. The molecule has 7 nitrogen and oxygen atoms in total. The van der Waals surface area contributed by atoms with Crippen LogP contribution in [0, 0.1) is 5.82 Å². The summed E-state index contributed by atoms with van der Waals surface area (Å²) < 4.78 is 47.2. The number of methoxy groups -OCH3 is 1. The quantitative estimate of drug-likeness (QED) is 0.589. The molecule has 4 rings (SSSR count). The second-order valence-electron chi connectivity index (χ2n) is 7.63. The molecule has 1 aliphatic rings. The largest absolute Gasteiger partial charge is 0.481 e. The van der Waals surface area contributed by atoms with Crippen LogP contribution in [-0.4, -0.2) is 28.8 Å². The van der Waals surface area contributed by atoms with Crippen molar-refractivity contribution in [1.82, 2.24) is 9.97 Å². The number of aliphatic imine (C=N–C) groups is 1. The first-order valence-corrected chi connectivity index (χ1v) is 9.96. The van der Waals surface area contributed by atoms with Crippen molar-refractivity contribution in [3.05, 3.63) is 70.9 Å². The summed E-state index contributed by atoms with van der Waals surface area (Å²) in [5.74, 6) is -4.12. The number of nitrogens with two attached hydrogens (primary N) is 1. The fraction of sp³-hybridized carbons (Fsp3) is 0.217. The Labute approximate surface area is 187 Å². The van der Waals surface area contributed by atoms with Gasteiger partial charge in [0, 0.05) is 29.8 Å². The lowest BCUT2D eigenvalue weighted by molar-refractivity contribution is -0.115. The molecule has 3 aromatic rings. The summed E-state index contributed by atoms with van der Waals surface area (Å²) in [6, 6.07) is 7.24. The molecule has 0 spiro atoms. The Morgan fingerprint density at radius 2 is 1.97 bits per heavy atom. The predicted molar refractivity (Wildman–Crippen MR) is 117 cm³/mol. The second-order valence-corrected chi connectivity index (χ2v) is 7.63. The van der Waals surface area contributed by atoms with Gasteiger partial charge < -0.3 is 15.8 Å². The van der Waals surface area contributed by atoms with E-state index in [1.807, 2.05) is 0 Å². The van der Waals surface area contributed by atoms with E-state index in [9.17, 15) is 18.0 Å². The molecule has 1 aromatic carbocycles. The molecule has 0 bridgehead atoms. The summed E-state index contributed by atoms with van der Waals surface area (Å²) in [6.07, 6.45) is 2.60. The summed E-state index contributed by atoms with van der Waals surface area (Å²) >= 11 is 0. The monoisotopic (exact) mass is 455 g/mol. The third-order valence-corrected chi connectivity index (χ3v) is 5.16. The maximum atomic E-state index is 14.8. The van der Waals surface area contributed by atoms with E-state index in [1.54, 1.807) is 24.4 Å². The van der Waals surface area contributed by atoms with E-state index >= 15 is 0 Å². The Morgan fingerprint density at radius 3 is 2.67 bits per heavy atom. The third kappa shape index (κ3) is 4.64. The highest BCUT2D eigenvalue weighted by Gasteiger charge is 2.30. The lowest BCUT2D eigenvalue weighted by atomic mass is 10.0. The number of amides is 1. The fourth-order valence-electron chi connectivity index (χ4n) is 3.52. The Morgan fingerprint density at radius 1 is 1.18 bits per heavy atom. The average Bonchev–Trinajstić information content (AvgIpc) is 3.13. The standard InChI is InChI=1S/C23H20F3N5O2/c1-23(25,26)17-8-14(10-30-22(17)33-2)31-20(32)6-12-3-4-15(18(24)5-12)13-7-16-19(28-9-13)11-29-21(16)27/h3-5,7-10H,6,11H2,1-2H3,(H2,27,29)(H,31,32). The number of alkyl halides is 2. The van der Waals surface area contributed by atoms with Crippen molar-refractivity contribution in [2.45, 2.75) is 25.8 Å². The fourth-order valence-corrected chi connectivity index (χ4v) is 3.52. The van der Waals surface area contributed by atoms with Crippen LogP contribution in [0.4, 0.5) is 18.9 Å². The van der Waals surface area contributed by atoms with E-state index in [-0.39, 0.29) is 18.0 Å². The zero-order valence-electron chi connectivity index (χ0n) is 17.8. The average molecular weight is 455 g/mol. The first-order valence-electron chi connectivity index (χ1n) is 9.96. The highest BCUT2D eigenvalue weighted by Crippen LogP contribution is 2.34. The van der Waals surface area contributed by atoms with E-state index in [0.717, 1.165) is 11.8 Å². The number of hydrogen-bond acceptors (Lipinski definition) is 6. The van der Waals surface area contributed by atoms with E-state index in [4.69, 9.17) is 10.5 Å². The van der Waals surface area contributed by atoms with E-state index in [1.165, 1.54) is 19.4 Å². The highest BCUT2D eigenvalue weighted by atomic mass is 19.3. The topological polar surface area (TPSA) is 102 Å². The van der Waals surface area contributed by atoms with Crippen LogP contribution >= 0.6 is 0 Å². The van der Waals surface area contributed by atoms with Gasteiger partial charge in [-0.25, -0.2) is 18.2 Å². The number of carbonyl (C=O) groups excluding carboxylic acids is 1. The molecule has 10 heteroatoms. The maximum Gasteiger partial charge on any atom is 0.275 e. The van der Waals surface area contributed by atoms with Gasteiger partial charge in [-0.15, -0.1) is 0 Å². The number of nitrogens with zero attached hydrogens (tertiary/aromatic N) is 3. The van der Waals surface area contributed by atoms with Gasteiger partial charge in [0.1, 0.15) is 11.7 Å². The van der Waals surface area contributed by atoms with Gasteiger partial charge >= 0.3 is 0 Å². The minimum atomic E-state index is -3.21. The predicted octanol–water partition coefficient (Wildman–Crippen LogP) is 3.80. The summed E-state index contributed by atoms with van der Waals surface area (Å²) in [4.78, 5) is 24.6. The van der Waals surface area contributed by atoms with E-state index in [2.05, 4.69) is 20.3 Å². The molecule has 0 aliphatic carbocycles. The number of halogens is 3. The molecular weight excluding hydrogens is 435 g/mol. The van der Waals surface area contributed by atoms with Crippen molar-refractivity contribution < 1.29 is 22.7 Å². The van der Waals surface area contributed by atoms with Crippen LogP contribution in [0.15, 0.2) is 47.7 Å². The number of rotatable bonds is 6. The van der Waals surface area contributed by atoms with E-state index < -0.39 is 23.2 Å². The number of fused-ring (bicyclic) bond motifs is 1. The van der Waals surface area contributed by atoms with Gasteiger partial charge in [-0.05, 0) is 23.8 Å². The molecule has 0 atom stereocenters. The lowest BCUT2D eigenvalue weighted by Crippen LogP contribution is -2.17. The van der Waals surface area contributed by atoms with Gasteiger partial charge in [0.2, 0.25) is 11.8 Å². The minimum Gasteiger partial charge on any atom is -0.481 e. The summed E-state index contributed by atoms with van der Waals surface area (Å²) in [6.45, 7) is 1.11. The van der Waals surface area contributed by atoms with E-state index in [0.29, 0.717) is 41.6 Å². The van der Waals surface area contributed by atoms with Gasteiger partial charge in [0.15, 0.2) is 0 Å². The van der Waals surface area contributed by atoms with Crippen molar-refractivity contribution in [1.29, 1.82) is 0 Å². The Balaban J connectivity index is 1.49. The number of hydrogen-bond donors (Lipinski definition) is 2. The summed E-state index contributed by atoms with van der Waals surface area (Å²) in [5, 5.41) is 2.50. The summed E-state index contributed by atoms with van der Waals surface area (Å²) in [5.41, 5.74) is 8.15. The van der Waals surface area contributed by atoms with Crippen molar-refractivity contribution >= 4 is 17.4 Å². The van der Waals surface area contributed by atoms with Crippen LogP contribution < -0.4 is 15.8 Å². The van der Waals surface area contributed by atoms with Crippen LogP contribution in [0.25, 0.3) is 11.1 Å².